The molecule has 0 spiro atoms. The van der Waals surface area contributed by atoms with E-state index in [2.05, 4.69) is 9.97 Å². The van der Waals surface area contributed by atoms with Gasteiger partial charge in [-0.3, -0.25) is 4.79 Å². The first-order valence-corrected chi connectivity index (χ1v) is 6.83. The quantitative estimate of drug-likeness (QED) is 0.909. The Balaban J connectivity index is 1.53. The van der Waals surface area contributed by atoms with E-state index in [0.29, 0.717) is 19.4 Å². The third-order valence-electron chi connectivity index (χ3n) is 3.43. The Morgan fingerprint density at radius 2 is 2.24 bits per heavy atom. The van der Waals surface area contributed by atoms with Gasteiger partial charge in [-0.2, -0.15) is 0 Å². The van der Waals surface area contributed by atoms with Crippen molar-refractivity contribution in [1.29, 1.82) is 0 Å². The van der Waals surface area contributed by atoms with Crippen molar-refractivity contribution in [1.82, 2.24) is 14.9 Å². The Labute approximate surface area is 122 Å². The maximum Gasteiger partial charge on any atom is 0.231 e. The minimum absolute atomic E-state index is 0.0871. The lowest BCUT2D eigenvalue weighted by Crippen LogP contribution is -2.26. The molecule has 1 aromatic carbocycles. The average molecular weight is 287 g/mol. The van der Waals surface area contributed by atoms with Gasteiger partial charge in [-0.1, -0.05) is 6.07 Å². The van der Waals surface area contributed by atoms with E-state index in [1.807, 2.05) is 18.2 Å². The van der Waals surface area contributed by atoms with Gasteiger partial charge in [0.1, 0.15) is 5.82 Å². The van der Waals surface area contributed by atoms with Crippen LogP contribution >= 0.6 is 0 Å². The Morgan fingerprint density at radius 1 is 1.38 bits per heavy atom. The zero-order chi connectivity index (χ0) is 14.7. The van der Waals surface area contributed by atoms with E-state index in [1.165, 1.54) is 0 Å². The van der Waals surface area contributed by atoms with Gasteiger partial charge in [-0.05, 0) is 24.1 Å². The molecular formula is C15H17N3O3. The molecule has 0 fully saturated rings. The summed E-state index contributed by atoms with van der Waals surface area (Å²) in [5, 5.41) is 0. The molecule has 0 atom stereocenters. The van der Waals surface area contributed by atoms with Gasteiger partial charge in [0.05, 0.1) is 6.54 Å². The van der Waals surface area contributed by atoms with Crippen LogP contribution in [0.1, 0.15) is 17.8 Å². The van der Waals surface area contributed by atoms with Gasteiger partial charge in [-0.15, -0.1) is 0 Å². The van der Waals surface area contributed by atoms with Crippen molar-refractivity contribution >= 4 is 5.91 Å². The number of carbonyl (C=O) groups excluding carboxylic acids is 1. The number of aryl methyl sites for hydroxylation is 1. The third kappa shape index (κ3) is 3.16. The Morgan fingerprint density at radius 3 is 3.05 bits per heavy atom. The largest absolute Gasteiger partial charge is 0.454 e. The zero-order valence-electron chi connectivity index (χ0n) is 11.8. The summed E-state index contributed by atoms with van der Waals surface area (Å²) in [5.74, 6) is 2.39. The van der Waals surface area contributed by atoms with Crippen molar-refractivity contribution in [3.05, 3.63) is 42.0 Å². The molecule has 0 saturated carbocycles. The number of ether oxygens (including phenoxy) is 2. The molecule has 0 aliphatic carbocycles. The number of aromatic amines is 1. The molecule has 6 heteroatoms. The average Bonchev–Trinajstić information content (AvgIpc) is 3.14. The van der Waals surface area contributed by atoms with E-state index in [4.69, 9.17) is 9.47 Å². The summed E-state index contributed by atoms with van der Waals surface area (Å²) in [4.78, 5) is 20.9. The van der Waals surface area contributed by atoms with Crippen molar-refractivity contribution in [2.45, 2.75) is 19.4 Å². The first-order chi connectivity index (χ1) is 10.2. The molecule has 0 unspecified atom stereocenters. The van der Waals surface area contributed by atoms with Crippen molar-refractivity contribution < 1.29 is 14.3 Å². The van der Waals surface area contributed by atoms with Gasteiger partial charge >= 0.3 is 0 Å². The number of H-pyrrole nitrogens is 1. The smallest absolute Gasteiger partial charge is 0.231 e. The molecule has 110 valence electrons. The van der Waals surface area contributed by atoms with E-state index in [9.17, 15) is 4.79 Å². The lowest BCUT2D eigenvalue weighted by molar-refractivity contribution is -0.130. The highest BCUT2D eigenvalue weighted by Gasteiger charge is 2.15. The first kappa shape index (κ1) is 13.5. The number of nitrogens with zero attached hydrogens (tertiary/aromatic N) is 2. The second kappa shape index (κ2) is 5.87. The predicted molar refractivity (Wildman–Crippen MR) is 75.9 cm³/mol. The van der Waals surface area contributed by atoms with Crippen LogP contribution in [0.25, 0.3) is 0 Å². The van der Waals surface area contributed by atoms with E-state index in [0.717, 1.165) is 22.9 Å². The van der Waals surface area contributed by atoms with Crippen molar-refractivity contribution in [3.63, 3.8) is 0 Å². The molecule has 2 aromatic rings. The number of imidazole rings is 1. The minimum atomic E-state index is 0.0871. The van der Waals surface area contributed by atoms with E-state index < -0.39 is 0 Å². The minimum Gasteiger partial charge on any atom is -0.454 e. The summed E-state index contributed by atoms with van der Waals surface area (Å²) in [6.45, 7) is 0.760. The normalized spacial score (nSPS) is 12.4. The molecular weight excluding hydrogens is 270 g/mol. The number of hydrogen-bond acceptors (Lipinski definition) is 4. The van der Waals surface area contributed by atoms with Crippen molar-refractivity contribution in [2.24, 2.45) is 0 Å². The highest BCUT2D eigenvalue weighted by molar-refractivity contribution is 5.76. The SMILES string of the molecule is CN(Cc1ncc[nH]1)C(=O)CCc1ccc2c(c1)OCO2. The molecule has 1 aliphatic rings. The highest BCUT2D eigenvalue weighted by Crippen LogP contribution is 2.32. The van der Waals surface area contributed by atoms with Crippen molar-refractivity contribution in [2.75, 3.05) is 13.8 Å². The van der Waals surface area contributed by atoms with Crippen LogP contribution in [0.3, 0.4) is 0 Å². The Bertz CT molecular complexity index is 625. The molecule has 1 aliphatic heterocycles. The van der Waals surface area contributed by atoms with E-state index in [1.54, 1.807) is 24.3 Å². The number of benzene rings is 1. The van der Waals surface area contributed by atoms with Crippen LogP contribution in [-0.4, -0.2) is 34.6 Å². The zero-order valence-corrected chi connectivity index (χ0v) is 11.8. The molecule has 21 heavy (non-hydrogen) atoms. The maximum atomic E-state index is 12.1. The third-order valence-corrected chi connectivity index (χ3v) is 3.43. The number of nitrogens with one attached hydrogen (secondary N) is 1. The fourth-order valence-corrected chi connectivity index (χ4v) is 2.24. The summed E-state index contributed by atoms with van der Waals surface area (Å²) >= 11 is 0. The Kier molecular flexibility index (Phi) is 3.77. The van der Waals surface area contributed by atoms with Gasteiger partial charge in [0.2, 0.25) is 12.7 Å². The second-order valence-electron chi connectivity index (χ2n) is 4.97. The van der Waals surface area contributed by atoms with Gasteiger partial charge in [0.25, 0.3) is 0 Å². The van der Waals surface area contributed by atoms with Crippen LogP contribution in [0.5, 0.6) is 11.5 Å². The van der Waals surface area contributed by atoms with Gasteiger partial charge in [0.15, 0.2) is 11.5 Å². The first-order valence-electron chi connectivity index (χ1n) is 6.83. The molecule has 0 radical (unpaired) electrons. The summed E-state index contributed by atoms with van der Waals surface area (Å²) in [7, 11) is 1.78. The molecule has 1 aromatic heterocycles. The summed E-state index contributed by atoms with van der Waals surface area (Å²) < 4.78 is 10.6. The summed E-state index contributed by atoms with van der Waals surface area (Å²) in [6, 6.07) is 5.78. The molecule has 6 nitrogen and oxygen atoms in total. The number of fused-ring (bicyclic) bond motifs is 1. The second-order valence-corrected chi connectivity index (χ2v) is 4.97. The standard InChI is InChI=1S/C15H17N3O3/c1-18(9-14-16-6-7-17-14)15(19)5-3-11-2-4-12-13(8-11)21-10-20-12/h2,4,6-8H,3,5,9-10H2,1H3,(H,16,17). The maximum absolute atomic E-state index is 12.1. The Hall–Kier alpha value is -2.50. The van der Waals surface area contributed by atoms with Crippen LogP contribution in [0.2, 0.25) is 0 Å². The molecule has 2 heterocycles. The van der Waals surface area contributed by atoms with Crippen LogP contribution in [-0.2, 0) is 17.8 Å². The van der Waals surface area contributed by atoms with Crippen LogP contribution in [0.15, 0.2) is 30.6 Å². The fourth-order valence-electron chi connectivity index (χ4n) is 2.24. The van der Waals surface area contributed by atoms with Gasteiger partial charge < -0.3 is 19.4 Å². The van der Waals surface area contributed by atoms with Gasteiger partial charge in [-0.25, -0.2) is 4.98 Å². The van der Waals surface area contributed by atoms with Crippen LogP contribution in [0, 0.1) is 0 Å². The number of amides is 1. The van der Waals surface area contributed by atoms with Crippen molar-refractivity contribution in [3.8, 4) is 11.5 Å². The summed E-state index contributed by atoms with van der Waals surface area (Å²) in [5.41, 5.74) is 1.07. The summed E-state index contributed by atoms with van der Waals surface area (Å²) in [6.07, 6.45) is 4.56. The number of aromatic nitrogens is 2. The van der Waals surface area contributed by atoms with Gasteiger partial charge in [0, 0.05) is 25.9 Å². The number of hydrogen-bond donors (Lipinski definition) is 1. The highest BCUT2D eigenvalue weighted by atomic mass is 16.7. The molecule has 3 rings (SSSR count). The lowest BCUT2D eigenvalue weighted by Gasteiger charge is -2.15. The number of carbonyl (C=O) groups is 1. The fraction of sp³-hybridized carbons (Fsp3) is 0.333. The van der Waals surface area contributed by atoms with E-state index >= 15 is 0 Å². The number of rotatable bonds is 5. The monoisotopic (exact) mass is 287 g/mol. The topological polar surface area (TPSA) is 67.5 Å². The molecule has 0 bridgehead atoms. The van der Waals surface area contributed by atoms with E-state index in [-0.39, 0.29) is 12.7 Å². The van der Waals surface area contributed by atoms with Crippen LogP contribution < -0.4 is 9.47 Å². The molecule has 1 N–H and O–H groups in total. The lowest BCUT2D eigenvalue weighted by atomic mass is 10.1. The molecule has 1 amide bonds. The molecule has 0 saturated heterocycles. The van der Waals surface area contributed by atoms with Crippen LogP contribution in [0.4, 0.5) is 0 Å². The predicted octanol–water partition coefficient (Wildman–Crippen LogP) is 1.73.